The van der Waals surface area contributed by atoms with E-state index in [-0.39, 0.29) is 40.5 Å². The maximum atomic E-state index is 12.5. The second-order valence-corrected chi connectivity index (χ2v) is 9.73. The summed E-state index contributed by atoms with van der Waals surface area (Å²) in [5.41, 5.74) is 12.3. The maximum absolute atomic E-state index is 12.5. The Labute approximate surface area is 213 Å². The molecule has 0 spiro atoms. The van der Waals surface area contributed by atoms with Gasteiger partial charge < -0.3 is 26.6 Å². The number of aliphatic hydroxyl groups excluding tert-OH is 1. The summed E-state index contributed by atoms with van der Waals surface area (Å²) >= 11 is 5.85. The molecule has 2 unspecified atom stereocenters. The highest BCUT2D eigenvalue weighted by atomic mass is 35.5. The van der Waals surface area contributed by atoms with E-state index in [4.69, 9.17) is 27.8 Å². The summed E-state index contributed by atoms with van der Waals surface area (Å²) in [4.78, 5) is 28.0. The number of carbonyl (C=O) groups excluding carboxylic acids is 1. The zero-order valence-electron chi connectivity index (χ0n) is 20.1. The molecule has 1 amide bonds. The first-order valence-corrected chi connectivity index (χ1v) is 11.8. The van der Waals surface area contributed by atoms with Gasteiger partial charge in [0.1, 0.15) is 25.1 Å². The number of amides is 1. The number of ether oxygens (including phenoxy) is 1. The molecule has 1 aromatic carbocycles. The van der Waals surface area contributed by atoms with Gasteiger partial charge in [-0.2, -0.15) is 4.94 Å². The Morgan fingerprint density at radius 2 is 2.00 bits per heavy atom. The first-order chi connectivity index (χ1) is 17.1. The van der Waals surface area contributed by atoms with Gasteiger partial charge in [-0.3, -0.25) is 15.1 Å². The van der Waals surface area contributed by atoms with Crippen molar-refractivity contribution in [2.45, 2.75) is 45.3 Å². The summed E-state index contributed by atoms with van der Waals surface area (Å²) in [6.07, 6.45) is 1.59. The molecule has 0 aliphatic carbocycles. The van der Waals surface area contributed by atoms with Gasteiger partial charge in [-0.05, 0) is 46.9 Å². The summed E-state index contributed by atoms with van der Waals surface area (Å²) < 4.78 is 17.2. The molecule has 0 saturated heterocycles. The highest BCUT2D eigenvalue weighted by Crippen LogP contribution is 2.30. The zero-order chi connectivity index (χ0) is 26.3. The number of aryl methyl sites for hydroxylation is 1. The van der Waals surface area contributed by atoms with E-state index < -0.39 is 18.6 Å². The number of hydrogen-bond acceptors (Lipinski definition) is 10. The number of aromatic nitrogens is 2. The van der Waals surface area contributed by atoms with Crippen LogP contribution in [0.4, 0.5) is 16.2 Å². The number of benzene rings is 1. The third kappa shape index (κ3) is 7.90. The zero-order valence-corrected chi connectivity index (χ0v) is 20.9. The molecule has 7 N–H and O–H groups in total. The van der Waals surface area contributed by atoms with E-state index in [2.05, 4.69) is 44.4 Å². The van der Waals surface area contributed by atoms with Crippen LogP contribution in [-0.4, -0.2) is 58.8 Å². The number of nitrogens with two attached hydrogens (primary N) is 2. The van der Waals surface area contributed by atoms with Crippen LogP contribution in [0, 0.1) is 5.41 Å². The SMILES string of the molecule is CC(C)(CCc1ccc(OCC(O)COF)cc1)CC1CN=C(NC(=O)c2nc(Cl)c(N)nc2N)N1. The standard InChI is InChI=1S/C23H31ClFN7O4/c1-23(2,8-7-13-3-5-16(6-4-13)35-11-15(33)12-36-25)9-14-10-28-22(29-14)32-21(34)17-19(26)31-20(27)18(24)30-17/h3-6,14-15,33H,7-12H2,1-2H3,(H4,26,27,31)(H2,28,29,32,34). The van der Waals surface area contributed by atoms with Crippen molar-refractivity contribution in [3.8, 4) is 5.75 Å². The fraction of sp³-hybridized carbons (Fsp3) is 0.478. The van der Waals surface area contributed by atoms with Gasteiger partial charge in [0, 0.05) is 6.04 Å². The summed E-state index contributed by atoms with van der Waals surface area (Å²) in [5.74, 6) is 0.190. The van der Waals surface area contributed by atoms with Gasteiger partial charge in [0.05, 0.1) is 6.54 Å². The number of nitrogen functional groups attached to an aromatic ring is 2. The average molecular weight is 524 g/mol. The summed E-state index contributed by atoms with van der Waals surface area (Å²) in [6.45, 7) is 4.41. The van der Waals surface area contributed by atoms with Gasteiger partial charge in [0.15, 0.2) is 28.4 Å². The second-order valence-electron chi connectivity index (χ2n) is 9.37. The molecule has 2 aromatic rings. The second kappa shape index (κ2) is 12.2. The molecule has 3 rings (SSSR count). The summed E-state index contributed by atoms with van der Waals surface area (Å²) in [5, 5.41) is 15.2. The number of hydrogen-bond donors (Lipinski definition) is 5. The van der Waals surface area contributed by atoms with E-state index in [1.54, 1.807) is 0 Å². The fourth-order valence-electron chi connectivity index (χ4n) is 3.77. The molecule has 11 nitrogen and oxygen atoms in total. The van der Waals surface area contributed by atoms with Crippen LogP contribution in [-0.2, 0) is 11.4 Å². The smallest absolute Gasteiger partial charge is 0.280 e. The Morgan fingerprint density at radius 3 is 2.69 bits per heavy atom. The van der Waals surface area contributed by atoms with Crippen molar-refractivity contribution in [3.05, 3.63) is 40.7 Å². The van der Waals surface area contributed by atoms with Gasteiger partial charge >= 0.3 is 0 Å². The third-order valence-electron chi connectivity index (χ3n) is 5.67. The lowest BCUT2D eigenvalue weighted by atomic mass is 9.80. The van der Waals surface area contributed by atoms with E-state index in [0.717, 1.165) is 24.8 Å². The lowest BCUT2D eigenvalue weighted by Crippen LogP contribution is -2.43. The number of nitrogens with one attached hydrogen (secondary N) is 2. The molecule has 36 heavy (non-hydrogen) atoms. The number of halogens is 2. The average Bonchev–Trinajstić information content (AvgIpc) is 3.25. The number of carbonyl (C=O) groups is 1. The topological polar surface area (TPSA) is 170 Å². The third-order valence-corrected chi connectivity index (χ3v) is 5.95. The molecule has 2 heterocycles. The Hall–Kier alpha value is -3.22. The Kier molecular flexibility index (Phi) is 9.24. The van der Waals surface area contributed by atoms with E-state index >= 15 is 0 Å². The lowest BCUT2D eigenvalue weighted by Gasteiger charge is -2.28. The normalized spacial score (nSPS) is 16.2. The quantitative estimate of drug-likeness (QED) is 0.295. The number of guanidine groups is 1. The van der Waals surface area contributed by atoms with Crippen molar-refractivity contribution in [2.75, 3.05) is 31.2 Å². The monoisotopic (exact) mass is 523 g/mol. The number of aliphatic hydroxyl groups is 1. The molecule has 0 radical (unpaired) electrons. The Balaban J connectivity index is 1.44. The van der Waals surface area contributed by atoms with E-state index in [1.165, 1.54) is 0 Å². The number of aliphatic imine (C=N–C) groups is 1. The first-order valence-electron chi connectivity index (χ1n) is 11.4. The van der Waals surface area contributed by atoms with E-state index in [0.29, 0.717) is 18.3 Å². The van der Waals surface area contributed by atoms with Crippen molar-refractivity contribution in [3.63, 3.8) is 0 Å². The van der Waals surface area contributed by atoms with E-state index in [1.807, 2.05) is 24.3 Å². The van der Waals surface area contributed by atoms with Crippen LogP contribution < -0.4 is 26.8 Å². The molecule has 0 bridgehead atoms. The maximum Gasteiger partial charge on any atom is 0.280 e. The van der Waals surface area contributed by atoms with Crippen molar-refractivity contribution >= 4 is 35.1 Å². The van der Waals surface area contributed by atoms with Crippen LogP contribution >= 0.6 is 11.6 Å². The molecule has 13 heteroatoms. The summed E-state index contributed by atoms with van der Waals surface area (Å²) in [7, 11) is 0. The molecule has 1 aliphatic heterocycles. The predicted molar refractivity (Wildman–Crippen MR) is 134 cm³/mol. The minimum atomic E-state index is -1.03. The van der Waals surface area contributed by atoms with Gasteiger partial charge in [-0.1, -0.05) is 37.6 Å². The fourth-order valence-corrected chi connectivity index (χ4v) is 3.90. The molecule has 0 fully saturated rings. The van der Waals surface area contributed by atoms with Crippen molar-refractivity contribution in [1.82, 2.24) is 20.6 Å². The molecule has 1 aliphatic rings. The minimum absolute atomic E-state index is 0.00131. The highest BCUT2D eigenvalue weighted by molar-refractivity contribution is 6.31. The lowest BCUT2D eigenvalue weighted by molar-refractivity contribution is -0.160. The number of nitrogens with zero attached hydrogens (tertiary/aromatic N) is 3. The van der Waals surface area contributed by atoms with Gasteiger partial charge in [-0.25, -0.2) is 9.97 Å². The molecular formula is C23H31ClFN7O4. The molecular weight excluding hydrogens is 493 g/mol. The van der Waals surface area contributed by atoms with Crippen LogP contribution in [0.25, 0.3) is 0 Å². The molecule has 1 aromatic heterocycles. The largest absolute Gasteiger partial charge is 0.491 e. The van der Waals surface area contributed by atoms with Crippen LogP contribution in [0.1, 0.15) is 42.7 Å². The summed E-state index contributed by atoms with van der Waals surface area (Å²) in [6, 6.07) is 7.62. The van der Waals surface area contributed by atoms with E-state index in [9.17, 15) is 14.4 Å². The number of rotatable bonds is 11. The van der Waals surface area contributed by atoms with Gasteiger partial charge in [0.25, 0.3) is 5.91 Å². The minimum Gasteiger partial charge on any atom is -0.491 e. The first kappa shape index (κ1) is 27.4. The molecule has 196 valence electrons. The Morgan fingerprint density at radius 1 is 1.28 bits per heavy atom. The van der Waals surface area contributed by atoms with Crippen molar-refractivity contribution < 1.29 is 24.1 Å². The van der Waals surface area contributed by atoms with Crippen LogP contribution in [0.15, 0.2) is 29.3 Å². The van der Waals surface area contributed by atoms with Crippen LogP contribution in [0.3, 0.4) is 0 Å². The Bertz CT molecular complexity index is 1080. The molecule has 0 saturated carbocycles. The molecule has 2 atom stereocenters. The van der Waals surface area contributed by atoms with Gasteiger partial charge in [0.2, 0.25) is 0 Å². The van der Waals surface area contributed by atoms with Crippen LogP contribution in [0.5, 0.6) is 5.75 Å². The van der Waals surface area contributed by atoms with Crippen molar-refractivity contribution in [1.29, 1.82) is 0 Å². The predicted octanol–water partition coefficient (Wildman–Crippen LogP) is 2.04. The van der Waals surface area contributed by atoms with Crippen LogP contribution in [0.2, 0.25) is 5.15 Å². The van der Waals surface area contributed by atoms with Gasteiger partial charge in [-0.15, -0.1) is 0 Å². The number of anilines is 2. The van der Waals surface area contributed by atoms with Crippen molar-refractivity contribution in [2.24, 2.45) is 10.4 Å². The highest BCUT2D eigenvalue weighted by Gasteiger charge is 2.28.